The highest BCUT2D eigenvalue weighted by atomic mass is 16.6. The van der Waals surface area contributed by atoms with Gasteiger partial charge in [0.15, 0.2) is 0 Å². The van der Waals surface area contributed by atoms with Crippen LogP contribution in [-0.4, -0.2) is 27.1 Å². The van der Waals surface area contributed by atoms with Crippen LogP contribution in [-0.2, 0) is 38.6 Å². The van der Waals surface area contributed by atoms with Crippen molar-refractivity contribution < 1.29 is 24.2 Å². The average Bonchev–Trinajstić information content (AvgIpc) is 3.07. The largest absolute Gasteiger partial charge is 0.508 e. The van der Waals surface area contributed by atoms with Crippen LogP contribution in [0.4, 0.5) is 0 Å². The fourth-order valence-electron chi connectivity index (χ4n) is 4.27. The van der Waals surface area contributed by atoms with Crippen LogP contribution in [0, 0.1) is 0 Å². The van der Waals surface area contributed by atoms with Gasteiger partial charge >= 0.3 is 5.97 Å². The lowest BCUT2D eigenvalue weighted by atomic mass is 9.97. The Morgan fingerprint density at radius 2 is 2.14 bits per heavy atom. The van der Waals surface area contributed by atoms with Gasteiger partial charge in [-0.2, -0.15) is 0 Å². The number of fused-ring (bicyclic) bond motifs is 5. The summed E-state index contributed by atoms with van der Waals surface area (Å²) in [5.41, 5.74) is 4.19. The molecule has 29 heavy (non-hydrogen) atoms. The zero-order valence-electron chi connectivity index (χ0n) is 15.5. The van der Waals surface area contributed by atoms with Crippen molar-refractivity contribution in [3.8, 4) is 17.1 Å². The van der Waals surface area contributed by atoms with Crippen LogP contribution in [0.15, 0.2) is 29.1 Å². The van der Waals surface area contributed by atoms with Crippen LogP contribution in [0.1, 0.15) is 35.3 Å². The van der Waals surface area contributed by atoms with E-state index in [2.05, 4.69) is 0 Å². The molecule has 8 heteroatoms. The Hall–Kier alpha value is -3.68. The number of esters is 1. The average molecular weight is 392 g/mol. The topological polar surface area (TPSA) is 108 Å². The predicted molar refractivity (Wildman–Crippen MR) is 101 cm³/mol. The van der Waals surface area contributed by atoms with E-state index in [4.69, 9.17) is 14.5 Å². The molecular weight excluding hydrogens is 376 g/mol. The van der Waals surface area contributed by atoms with Crippen molar-refractivity contribution in [3.63, 3.8) is 0 Å². The maximum absolute atomic E-state index is 13.1. The lowest BCUT2D eigenvalue weighted by Gasteiger charge is -2.23. The van der Waals surface area contributed by atoms with E-state index in [1.165, 1.54) is 0 Å². The molecule has 3 aromatic rings. The highest BCUT2D eigenvalue weighted by Gasteiger charge is 2.36. The van der Waals surface area contributed by atoms with Gasteiger partial charge < -0.3 is 19.1 Å². The van der Waals surface area contributed by atoms with E-state index in [0.717, 1.165) is 16.5 Å². The van der Waals surface area contributed by atoms with E-state index < -0.39 is 12.1 Å². The molecule has 1 unspecified atom stereocenters. The number of aromatic hydroxyl groups is 1. The molecule has 0 saturated heterocycles. The molecule has 0 aliphatic carbocycles. The molecule has 1 aromatic carbocycles. The zero-order valence-corrected chi connectivity index (χ0v) is 15.5. The van der Waals surface area contributed by atoms with Crippen molar-refractivity contribution in [3.05, 3.63) is 56.9 Å². The molecule has 8 nitrogen and oxygen atoms in total. The summed E-state index contributed by atoms with van der Waals surface area (Å²) in [6, 6.07) is 6.67. The maximum Gasteiger partial charge on any atom is 0.352 e. The second kappa shape index (κ2) is 6.16. The Bertz CT molecular complexity index is 1280. The number of pyridine rings is 2. The first-order valence-electron chi connectivity index (χ1n) is 9.20. The minimum absolute atomic E-state index is 0.154. The van der Waals surface area contributed by atoms with Crippen LogP contribution in [0.25, 0.3) is 22.3 Å². The van der Waals surface area contributed by atoms with Gasteiger partial charge in [0.2, 0.25) is 6.10 Å². The number of phenolic OH excluding ortho intramolecular Hbond substituents is 1. The second-order valence-electron chi connectivity index (χ2n) is 7.05. The number of aromatic nitrogens is 2. The molecule has 0 fully saturated rings. The van der Waals surface area contributed by atoms with Gasteiger partial charge in [-0.1, -0.05) is 6.92 Å². The molecule has 1 atom stereocenters. The van der Waals surface area contributed by atoms with Crippen molar-refractivity contribution in [2.75, 3.05) is 0 Å². The fourth-order valence-corrected chi connectivity index (χ4v) is 4.27. The molecule has 4 heterocycles. The number of hydrogen-bond donors (Lipinski definition) is 1. The quantitative estimate of drug-likeness (QED) is 0.419. The molecule has 0 bridgehead atoms. The van der Waals surface area contributed by atoms with Gasteiger partial charge in [-0.25, -0.2) is 9.78 Å². The van der Waals surface area contributed by atoms with Crippen molar-refractivity contribution >= 4 is 23.3 Å². The van der Waals surface area contributed by atoms with Gasteiger partial charge in [0.05, 0.1) is 29.0 Å². The summed E-state index contributed by atoms with van der Waals surface area (Å²) in [6.45, 7) is 2.36. The number of hydrogen-bond acceptors (Lipinski definition) is 7. The number of ether oxygens (including phenoxy) is 2. The number of aryl methyl sites for hydroxylation is 1. The lowest BCUT2D eigenvalue weighted by Crippen LogP contribution is -2.33. The standard InChI is InChI=1S/C21H16N2O6/c1-2-11-12-5-10(25)3-4-16(12)22-18-14(11)7-23-17(18)6-13-15(20(23)26)8-28-21(27)19(13)29-9-24/h3-6,9,19,25H,2,7-8H2,1H3. The summed E-state index contributed by atoms with van der Waals surface area (Å²) in [4.78, 5) is 40.8. The zero-order chi connectivity index (χ0) is 20.3. The van der Waals surface area contributed by atoms with E-state index in [9.17, 15) is 19.5 Å². The van der Waals surface area contributed by atoms with Crippen LogP contribution >= 0.6 is 0 Å². The van der Waals surface area contributed by atoms with Crippen LogP contribution in [0.2, 0.25) is 0 Å². The minimum atomic E-state index is -1.26. The Morgan fingerprint density at radius 3 is 2.90 bits per heavy atom. The van der Waals surface area contributed by atoms with Crippen LogP contribution < -0.4 is 5.56 Å². The predicted octanol–water partition coefficient (Wildman–Crippen LogP) is 1.96. The third-order valence-corrected chi connectivity index (χ3v) is 5.58. The first kappa shape index (κ1) is 17.4. The van der Waals surface area contributed by atoms with Crippen molar-refractivity contribution in [1.29, 1.82) is 0 Å². The molecule has 0 radical (unpaired) electrons. The molecule has 0 amide bonds. The molecule has 2 aliphatic rings. The molecule has 0 spiro atoms. The minimum Gasteiger partial charge on any atom is -0.508 e. The third-order valence-electron chi connectivity index (χ3n) is 5.58. The monoisotopic (exact) mass is 392 g/mol. The van der Waals surface area contributed by atoms with E-state index >= 15 is 0 Å². The van der Waals surface area contributed by atoms with Crippen LogP contribution in [0.3, 0.4) is 0 Å². The first-order valence-corrected chi connectivity index (χ1v) is 9.20. The number of benzene rings is 1. The number of rotatable bonds is 3. The van der Waals surface area contributed by atoms with E-state index in [0.29, 0.717) is 41.0 Å². The molecule has 2 aliphatic heterocycles. The van der Waals surface area contributed by atoms with E-state index in [-0.39, 0.29) is 24.4 Å². The number of phenols is 1. The Labute approximate surface area is 164 Å². The fraction of sp³-hybridized carbons (Fsp3) is 0.238. The smallest absolute Gasteiger partial charge is 0.352 e. The molecule has 2 aromatic heterocycles. The van der Waals surface area contributed by atoms with Gasteiger partial charge in [0.1, 0.15) is 12.4 Å². The third kappa shape index (κ3) is 2.38. The Balaban J connectivity index is 1.80. The molecule has 0 saturated carbocycles. The molecule has 1 N–H and O–H groups in total. The van der Waals surface area contributed by atoms with E-state index in [1.54, 1.807) is 28.8 Å². The van der Waals surface area contributed by atoms with E-state index in [1.807, 2.05) is 6.92 Å². The second-order valence-corrected chi connectivity index (χ2v) is 7.05. The van der Waals surface area contributed by atoms with Gasteiger partial charge in [-0.05, 0) is 36.2 Å². The van der Waals surface area contributed by atoms with Crippen molar-refractivity contribution in [1.82, 2.24) is 9.55 Å². The normalized spacial score (nSPS) is 16.7. The number of carbonyl (C=O) groups excluding carboxylic acids is 2. The summed E-state index contributed by atoms with van der Waals surface area (Å²) in [5.74, 6) is -0.551. The molecule has 146 valence electrons. The van der Waals surface area contributed by atoms with Crippen LogP contribution in [0.5, 0.6) is 5.75 Å². The highest BCUT2D eigenvalue weighted by molar-refractivity contribution is 5.89. The summed E-state index contributed by atoms with van der Waals surface area (Å²) in [5, 5.41) is 10.7. The maximum atomic E-state index is 13.1. The molecule has 5 rings (SSSR count). The lowest BCUT2D eigenvalue weighted by molar-refractivity contribution is -0.165. The summed E-state index contributed by atoms with van der Waals surface area (Å²) < 4.78 is 11.5. The molecular formula is C21H16N2O6. The van der Waals surface area contributed by atoms with Gasteiger partial charge in [0, 0.05) is 16.5 Å². The van der Waals surface area contributed by atoms with Gasteiger partial charge in [-0.15, -0.1) is 0 Å². The number of nitrogens with zero attached hydrogens (tertiary/aromatic N) is 2. The SMILES string of the molecule is CCc1c2c(nc3ccc(O)cc13)-c1cc3c(c(=O)n1C2)COC(=O)C3OC=O. The summed E-state index contributed by atoms with van der Waals surface area (Å²) in [7, 11) is 0. The Kier molecular flexibility index (Phi) is 3.70. The number of cyclic esters (lactones) is 1. The first-order chi connectivity index (χ1) is 14.0. The number of carbonyl (C=O) groups is 2. The highest BCUT2D eigenvalue weighted by Crippen LogP contribution is 2.39. The van der Waals surface area contributed by atoms with Gasteiger partial charge in [-0.3, -0.25) is 9.59 Å². The van der Waals surface area contributed by atoms with Crippen molar-refractivity contribution in [2.45, 2.75) is 32.6 Å². The summed E-state index contributed by atoms with van der Waals surface area (Å²) in [6.07, 6.45) is -0.562. The van der Waals surface area contributed by atoms with Crippen molar-refractivity contribution in [2.24, 2.45) is 0 Å². The van der Waals surface area contributed by atoms with Gasteiger partial charge in [0.25, 0.3) is 12.0 Å². The summed E-state index contributed by atoms with van der Waals surface area (Å²) >= 11 is 0. The Morgan fingerprint density at radius 1 is 1.31 bits per heavy atom.